The Morgan fingerprint density at radius 2 is 2.25 bits per heavy atom. The van der Waals surface area contributed by atoms with Crippen molar-refractivity contribution in [1.82, 2.24) is 10.6 Å². The van der Waals surface area contributed by atoms with Gasteiger partial charge in [-0.2, -0.15) is 0 Å². The summed E-state index contributed by atoms with van der Waals surface area (Å²) in [5.74, 6) is -0.981. The summed E-state index contributed by atoms with van der Waals surface area (Å²) in [4.78, 5) is 21.7. The molecule has 0 saturated carbocycles. The lowest BCUT2D eigenvalue weighted by Gasteiger charge is -2.14. The predicted octanol–water partition coefficient (Wildman–Crippen LogP) is -1.23. The Balaban J connectivity index is 2.21. The van der Waals surface area contributed by atoms with Gasteiger partial charge in [-0.05, 0) is 6.42 Å². The van der Waals surface area contributed by atoms with E-state index in [9.17, 15) is 9.59 Å². The van der Waals surface area contributed by atoms with Gasteiger partial charge in [0.15, 0.2) is 6.04 Å². The molecule has 1 aliphatic rings. The van der Waals surface area contributed by atoms with Crippen molar-refractivity contribution in [2.75, 3.05) is 26.4 Å². The third-order valence-corrected chi connectivity index (χ3v) is 2.36. The lowest BCUT2D eigenvalue weighted by Crippen LogP contribution is -2.48. The number of aliphatic hydroxyl groups is 1. The molecule has 0 radical (unpaired) electrons. The zero-order valence-electron chi connectivity index (χ0n) is 8.81. The number of nitrogens with one attached hydrogen (secondary N) is 2. The minimum atomic E-state index is -1.26. The molecule has 1 fully saturated rings. The van der Waals surface area contributed by atoms with Gasteiger partial charge in [-0.25, -0.2) is 9.59 Å². The number of ether oxygens (including phenoxy) is 1. The molecule has 0 aliphatic carbocycles. The number of aliphatic carboxylic acids is 1. The fourth-order valence-corrected chi connectivity index (χ4v) is 1.38. The average Bonchev–Trinajstić information content (AvgIpc) is 2.75. The molecule has 1 rings (SSSR count). The number of carbonyl (C=O) groups excluding carboxylic acids is 1. The molecule has 0 bridgehead atoms. The molecule has 0 aromatic carbocycles. The van der Waals surface area contributed by atoms with E-state index in [1.807, 2.05) is 0 Å². The fourth-order valence-electron chi connectivity index (χ4n) is 1.38. The summed E-state index contributed by atoms with van der Waals surface area (Å²) >= 11 is 0. The van der Waals surface area contributed by atoms with Crippen LogP contribution in [0, 0.1) is 5.92 Å². The maximum Gasteiger partial charge on any atom is 0.328 e. The van der Waals surface area contributed by atoms with Crippen LogP contribution in [0.15, 0.2) is 0 Å². The zero-order valence-corrected chi connectivity index (χ0v) is 8.81. The van der Waals surface area contributed by atoms with Crippen molar-refractivity contribution in [3.8, 4) is 0 Å². The first-order valence-corrected chi connectivity index (χ1v) is 5.09. The molecule has 7 nitrogen and oxygen atoms in total. The molecule has 1 saturated heterocycles. The van der Waals surface area contributed by atoms with E-state index in [1.54, 1.807) is 0 Å². The van der Waals surface area contributed by atoms with E-state index in [0.29, 0.717) is 19.8 Å². The third kappa shape index (κ3) is 4.03. The second-order valence-corrected chi connectivity index (χ2v) is 3.66. The standard InChI is InChI=1S/C9H16N2O5/c12-4-7(8(13)14)11-9(15)10-3-6-1-2-16-5-6/h6-7,12H,1-5H2,(H,13,14)(H2,10,11,15)/t6?,7-/m0/s1. The summed E-state index contributed by atoms with van der Waals surface area (Å²) in [7, 11) is 0. The smallest absolute Gasteiger partial charge is 0.328 e. The summed E-state index contributed by atoms with van der Waals surface area (Å²) in [5.41, 5.74) is 0. The first-order valence-electron chi connectivity index (χ1n) is 5.09. The quantitative estimate of drug-likeness (QED) is 0.474. The molecule has 92 valence electrons. The molecule has 2 atom stereocenters. The van der Waals surface area contributed by atoms with E-state index in [2.05, 4.69) is 10.6 Å². The second kappa shape index (κ2) is 6.29. The number of hydrogen-bond acceptors (Lipinski definition) is 4. The molecule has 16 heavy (non-hydrogen) atoms. The molecule has 0 spiro atoms. The SMILES string of the molecule is O=C(NCC1CCOC1)N[C@@H](CO)C(=O)O. The van der Waals surface area contributed by atoms with Crippen LogP contribution in [0.25, 0.3) is 0 Å². The van der Waals surface area contributed by atoms with E-state index in [4.69, 9.17) is 14.9 Å². The fraction of sp³-hybridized carbons (Fsp3) is 0.778. The van der Waals surface area contributed by atoms with E-state index < -0.39 is 24.6 Å². The summed E-state index contributed by atoms with van der Waals surface area (Å²) in [6.45, 7) is 1.13. The number of urea groups is 1. The van der Waals surface area contributed by atoms with Crippen molar-refractivity contribution in [2.45, 2.75) is 12.5 Å². The van der Waals surface area contributed by atoms with Crippen molar-refractivity contribution in [1.29, 1.82) is 0 Å². The van der Waals surface area contributed by atoms with Gasteiger partial charge in [0.05, 0.1) is 13.2 Å². The largest absolute Gasteiger partial charge is 0.480 e. The number of rotatable bonds is 5. The van der Waals surface area contributed by atoms with Gasteiger partial charge in [0.2, 0.25) is 0 Å². The van der Waals surface area contributed by atoms with Gasteiger partial charge in [0.1, 0.15) is 0 Å². The number of amides is 2. The monoisotopic (exact) mass is 232 g/mol. The van der Waals surface area contributed by atoms with Crippen molar-refractivity contribution in [3.63, 3.8) is 0 Å². The van der Waals surface area contributed by atoms with E-state index >= 15 is 0 Å². The molecule has 0 aromatic heterocycles. The normalized spacial score (nSPS) is 21.4. The Labute approximate surface area is 92.8 Å². The third-order valence-electron chi connectivity index (χ3n) is 2.36. The van der Waals surface area contributed by atoms with E-state index in [1.165, 1.54) is 0 Å². The Bertz CT molecular complexity index is 252. The van der Waals surface area contributed by atoms with Gasteiger partial charge in [0, 0.05) is 19.1 Å². The first kappa shape index (κ1) is 12.7. The van der Waals surface area contributed by atoms with Gasteiger partial charge < -0.3 is 25.6 Å². The van der Waals surface area contributed by atoms with Crippen LogP contribution in [0.3, 0.4) is 0 Å². The topological polar surface area (TPSA) is 108 Å². The van der Waals surface area contributed by atoms with Crippen molar-refractivity contribution in [3.05, 3.63) is 0 Å². The Hall–Kier alpha value is -1.34. The summed E-state index contributed by atoms with van der Waals surface area (Å²) in [5, 5.41) is 22.0. The zero-order chi connectivity index (χ0) is 12.0. The van der Waals surface area contributed by atoms with Gasteiger partial charge in [-0.1, -0.05) is 0 Å². The number of carboxylic acid groups (broad SMARTS) is 1. The Morgan fingerprint density at radius 3 is 2.75 bits per heavy atom. The van der Waals surface area contributed by atoms with Gasteiger partial charge in [-0.3, -0.25) is 0 Å². The summed E-state index contributed by atoms with van der Waals surface area (Å²) < 4.78 is 5.12. The van der Waals surface area contributed by atoms with Crippen molar-refractivity contribution >= 4 is 12.0 Å². The minimum Gasteiger partial charge on any atom is -0.480 e. The van der Waals surface area contributed by atoms with Gasteiger partial charge in [0.25, 0.3) is 0 Å². The maximum atomic E-state index is 11.2. The Morgan fingerprint density at radius 1 is 1.50 bits per heavy atom. The van der Waals surface area contributed by atoms with Crippen LogP contribution in [0.5, 0.6) is 0 Å². The number of hydrogen-bond donors (Lipinski definition) is 4. The maximum absolute atomic E-state index is 11.2. The minimum absolute atomic E-state index is 0.281. The first-order chi connectivity index (χ1) is 7.63. The molecular formula is C9H16N2O5. The molecule has 0 aromatic rings. The van der Waals surface area contributed by atoms with E-state index in [-0.39, 0.29) is 5.92 Å². The highest BCUT2D eigenvalue weighted by Crippen LogP contribution is 2.10. The molecule has 4 N–H and O–H groups in total. The van der Waals surface area contributed by atoms with Crippen LogP contribution in [0.1, 0.15) is 6.42 Å². The van der Waals surface area contributed by atoms with Crippen LogP contribution in [0.2, 0.25) is 0 Å². The number of carboxylic acids is 1. The van der Waals surface area contributed by atoms with Crippen LogP contribution in [-0.2, 0) is 9.53 Å². The highest BCUT2D eigenvalue weighted by molar-refractivity contribution is 5.82. The van der Waals surface area contributed by atoms with E-state index in [0.717, 1.165) is 6.42 Å². The van der Waals surface area contributed by atoms with Crippen LogP contribution in [-0.4, -0.2) is 54.6 Å². The highest BCUT2D eigenvalue weighted by atomic mass is 16.5. The van der Waals surface area contributed by atoms with Gasteiger partial charge in [-0.15, -0.1) is 0 Å². The predicted molar refractivity (Wildman–Crippen MR) is 54.0 cm³/mol. The van der Waals surface area contributed by atoms with Crippen molar-refractivity contribution < 1.29 is 24.5 Å². The molecule has 7 heteroatoms. The lowest BCUT2D eigenvalue weighted by molar-refractivity contribution is -0.140. The highest BCUT2D eigenvalue weighted by Gasteiger charge is 2.20. The number of carbonyl (C=O) groups is 2. The summed E-state index contributed by atoms with van der Waals surface area (Å²) in [6.07, 6.45) is 0.892. The molecule has 1 heterocycles. The number of aliphatic hydroxyl groups excluding tert-OH is 1. The second-order valence-electron chi connectivity index (χ2n) is 3.66. The Kier molecular flexibility index (Phi) is 5.00. The van der Waals surface area contributed by atoms with Crippen LogP contribution in [0.4, 0.5) is 4.79 Å². The molecule has 2 amide bonds. The molecule has 1 unspecified atom stereocenters. The van der Waals surface area contributed by atoms with Crippen LogP contribution >= 0.6 is 0 Å². The lowest BCUT2D eigenvalue weighted by atomic mass is 10.1. The molecule has 1 aliphatic heterocycles. The average molecular weight is 232 g/mol. The van der Waals surface area contributed by atoms with Crippen molar-refractivity contribution in [2.24, 2.45) is 5.92 Å². The van der Waals surface area contributed by atoms with Gasteiger partial charge >= 0.3 is 12.0 Å². The molecular weight excluding hydrogens is 216 g/mol. The summed E-state index contributed by atoms with van der Waals surface area (Å²) in [6, 6.07) is -1.85. The van der Waals surface area contributed by atoms with Crippen LogP contribution < -0.4 is 10.6 Å².